The first-order valence-corrected chi connectivity index (χ1v) is 13.5. The molecule has 0 bridgehead atoms. The van der Waals surface area contributed by atoms with Crippen molar-refractivity contribution in [2.45, 2.75) is 43.2 Å². The first kappa shape index (κ1) is 23.5. The van der Waals surface area contributed by atoms with E-state index in [1.807, 2.05) is 36.4 Å². The number of carbonyl (C=O) groups is 1. The Morgan fingerprint density at radius 1 is 1.09 bits per heavy atom. The molecule has 2 aliphatic heterocycles. The van der Waals surface area contributed by atoms with Crippen molar-refractivity contribution in [3.63, 3.8) is 0 Å². The minimum atomic E-state index is -3.81. The van der Waals surface area contributed by atoms with Crippen molar-refractivity contribution in [2.75, 3.05) is 24.0 Å². The molecule has 0 spiro atoms. The fourth-order valence-corrected chi connectivity index (χ4v) is 6.40. The molecule has 3 heterocycles. The molecule has 0 aliphatic carbocycles. The summed E-state index contributed by atoms with van der Waals surface area (Å²) < 4.78 is 34.5. The van der Waals surface area contributed by atoms with Crippen LogP contribution in [0.25, 0.3) is 0 Å². The second-order valence-electron chi connectivity index (χ2n) is 9.02. The van der Waals surface area contributed by atoms with Gasteiger partial charge in [-0.1, -0.05) is 30.3 Å². The number of pyridine rings is 1. The zero-order chi connectivity index (χ0) is 24.3. The summed E-state index contributed by atoms with van der Waals surface area (Å²) in [4.78, 5) is 19.7. The predicted molar refractivity (Wildman–Crippen MR) is 134 cm³/mol. The van der Waals surface area contributed by atoms with Gasteiger partial charge in [-0.3, -0.25) is 14.1 Å². The second kappa shape index (κ2) is 10.2. The SMILES string of the molecule is O=C(c1cccc(S(=O)(=O)N2CCCc3ccccc32)c1)N(Cc1cccnc1)CC1CCCO1. The lowest BCUT2D eigenvalue weighted by molar-refractivity contribution is 0.0507. The lowest BCUT2D eigenvalue weighted by atomic mass is 10.0. The molecule has 35 heavy (non-hydrogen) atoms. The van der Waals surface area contributed by atoms with E-state index in [9.17, 15) is 13.2 Å². The van der Waals surface area contributed by atoms with Gasteiger partial charge in [-0.2, -0.15) is 0 Å². The van der Waals surface area contributed by atoms with Gasteiger partial charge in [-0.05, 0) is 67.1 Å². The van der Waals surface area contributed by atoms with Crippen LogP contribution in [-0.2, 0) is 27.7 Å². The maximum Gasteiger partial charge on any atom is 0.264 e. The first-order chi connectivity index (χ1) is 17.0. The molecule has 0 saturated carbocycles. The van der Waals surface area contributed by atoms with E-state index in [4.69, 9.17) is 4.74 Å². The standard InChI is InChI=1S/C27H29N3O4S/c31-27(29(20-24-11-6-16-34-24)19-21-7-4-14-28-18-21)23-9-3-12-25(17-23)35(32,33)30-15-5-10-22-8-1-2-13-26(22)30/h1-4,7-9,12-14,17-18,24H,5-6,10-11,15-16,19-20H2. The number of anilines is 1. The lowest BCUT2D eigenvalue weighted by Gasteiger charge is -2.30. The van der Waals surface area contributed by atoms with Crippen molar-refractivity contribution in [3.05, 3.63) is 89.7 Å². The van der Waals surface area contributed by atoms with E-state index in [0.29, 0.717) is 37.5 Å². The van der Waals surface area contributed by atoms with Crippen LogP contribution in [0, 0.1) is 0 Å². The van der Waals surface area contributed by atoms with Gasteiger partial charge in [0.15, 0.2) is 0 Å². The Balaban J connectivity index is 1.44. The molecule has 7 nitrogen and oxygen atoms in total. The highest BCUT2D eigenvalue weighted by Crippen LogP contribution is 2.32. The third-order valence-corrected chi connectivity index (χ3v) is 8.38. The van der Waals surface area contributed by atoms with Gasteiger partial charge >= 0.3 is 0 Å². The van der Waals surface area contributed by atoms with Gasteiger partial charge in [0.2, 0.25) is 0 Å². The summed E-state index contributed by atoms with van der Waals surface area (Å²) in [5.41, 5.74) is 2.99. The highest BCUT2D eigenvalue weighted by Gasteiger charge is 2.30. The number of aromatic nitrogens is 1. The number of para-hydroxylation sites is 1. The van der Waals surface area contributed by atoms with Crippen molar-refractivity contribution < 1.29 is 17.9 Å². The maximum atomic E-state index is 13.6. The van der Waals surface area contributed by atoms with E-state index >= 15 is 0 Å². The molecule has 5 rings (SSSR count). The van der Waals surface area contributed by atoms with E-state index in [1.54, 1.807) is 35.5 Å². The normalized spacial score (nSPS) is 17.7. The van der Waals surface area contributed by atoms with E-state index in [-0.39, 0.29) is 16.9 Å². The maximum absolute atomic E-state index is 13.6. The number of aryl methyl sites for hydroxylation is 1. The summed E-state index contributed by atoms with van der Waals surface area (Å²) in [5.74, 6) is -0.222. The molecule has 2 aromatic carbocycles. The summed E-state index contributed by atoms with van der Waals surface area (Å²) >= 11 is 0. The predicted octanol–water partition coefficient (Wildman–Crippen LogP) is 4.04. The summed E-state index contributed by atoms with van der Waals surface area (Å²) in [6, 6.07) is 17.8. The molecular weight excluding hydrogens is 462 g/mol. The zero-order valence-electron chi connectivity index (χ0n) is 19.5. The Kier molecular flexibility index (Phi) is 6.83. The van der Waals surface area contributed by atoms with Crippen LogP contribution < -0.4 is 4.31 Å². The van der Waals surface area contributed by atoms with Crippen LogP contribution in [0.1, 0.15) is 40.7 Å². The van der Waals surface area contributed by atoms with Crippen molar-refractivity contribution >= 4 is 21.6 Å². The van der Waals surface area contributed by atoms with E-state index in [2.05, 4.69) is 4.98 Å². The second-order valence-corrected chi connectivity index (χ2v) is 10.9. The molecule has 8 heteroatoms. The Morgan fingerprint density at radius 3 is 2.77 bits per heavy atom. The molecule has 3 aromatic rings. The highest BCUT2D eigenvalue weighted by atomic mass is 32.2. The fraction of sp³-hybridized carbons (Fsp3) is 0.333. The van der Waals surface area contributed by atoms with Crippen LogP contribution in [0.5, 0.6) is 0 Å². The Labute approximate surface area is 206 Å². The Morgan fingerprint density at radius 2 is 1.97 bits per heavy atom. The molecule has 1 aromatic heterocycles. The molecule has 1 amide bonds. The van der Waals surface area contributed by atoms with Gasteiger partial charge in [-0.15, -0.1) is 0 Å². The number of hydrogen-bond acceptors (Lipinski definition) is 5. The van der Waals surface area contributed by atoms with Gasteiger partial charge in [0.1, 0.15) is 0 Å². The zero-order valence-corrected chi connectivity index (χ0v) is 20.4. The number of nitrogens with zero attached hydrogens (tertiary/aromatic N) is 3. The van der Waals surface area contributed by atoms with Gasteiger partial charge in [0.05, 0.1) is 16.7 Å². The van der Waals surface area contributed by atoms with E-state index in [1.165, 1.54) is 10.4 Å². The third-order valence-electron chi connectivity index (χ3n) is 6.57. The minimum Gasteiger partial charge on any atom is -0.376 e. The van der Waals surface area contributed by atoms with Gasteiger partial charge in [0.25, 0.3) is 15.9 Å². The van der Waals surface area contributed by atoms with Crippen LogP contribution in [0.3, 0.4) is 0 Å². The molecular formula is C27H29N3O4S. The van der Waals surface area contributed by atoms with Crippen molar-refractivity contribution in [1.82, 2.24) is 9.88 Å². The molecule has 1 saturated heterocycles. The van der Waals surface area contributed by atoms with Crippen LogP contribution in [0.4, 0.5) is 5.69 Å². The van der Waals surface area contributed by atoms with Crippen molar-refractivity contribution in [1.29, 1.82) is 0 Å². The van der Waals surface area contributed by atoms with Crippen molar-refractivity contribution in [3.8, 4) is 0 Å². The summed E-state index contributed by atoms with van der Waals surface area (Å²) in [6.45, 7) is 1.95. The number of rotatable bonds is 7. The first-order valence-electron chi connectivity index (χ1n) is 12.0. The van der Waals surface area contributed by atoms with Crippen molar-refractivity contribution in [2.24, 2.45) is 0 Å². The number of carbonyl (C=O) groups excluding carboxylic acids is 1. The van der Waals surface area contributed by atoms with Crippen LogP contribution in [-0.4, -0.2) is 50.0 Å². The smallest absolute Gasteiger partial charge is 0.264 e. The molecule has 182 valence electrons. The number of hydrogen-bond donors (Lipinski definition) is 0. The van der Waals surface area contributed by atoms with Crippen LogP contribution >= 0.6 is 0 Å². The van der Waals surface area contributed by atoms with E-state index < -0.39 is 10.0 Å². The average Bonchev–Trinajstić information content (AvgIpc) is 3.41. The molecule has 1 atom stereocenters. The highest BCUT2D eigenvalue weighted by molar-refractivity contribution is 7.92. The largest absolute Gasteiger partial charge is 0.376 e. The topological polar surface area (TPSA) is 79.8 Å². The van der Waals surface area contributed by atoms with Gasteiger partial charge < -0.3 is 9.64 Å². The molecule has 1 fully saturated rings. The molecule has 0 N–H and O–H groups in total. The lowest BCUT2D eigenvalue weighted by Crippen LogP contribution is -2.37. The number of sulfonamides is 1. The molecule has 2 aliphatic rings. The number of amides is 1. The summed E-state index contributed by atoms with van der Waals surface area (Å²) in [5, 5.41) is 0. The number of benzene rings is 2. The molecule has 0 radical (unpaired) electrons. The minimum absolute atomic E-state index is 0.0209. The van der Waals surface area contributed by atoms with E-state index in [0.717, 1.165) is 36.8 Å². The van der Waals surface area contributed by atoms with Gasteiger partial charge in [0, 0.05) is 44.2 Å². The number of fused-ring (bicyclic) bond motifs is 1. The Bertz CT molecular complexity index is 1290. The number of ether oxygens (including phenoxy) is 1. The monoisotopic (exact) mass is 491 g/mol. The van der Waals surface area contributed by atoms with Gasteiger partial charge in [-0.25, -0.2) is 8.42 Å². The Hall–Kier alpha value is -3.23. The quantitative estimate of drug-likeness (QED) is 0.498. The third kappa shape index (κ3) is 5.09. The van der Waals surface area contributed by atoms with Crippen LogP contribution in [0.2, 0.25) is 0 Å². The summed E-state index contributed by atoms with van der Waals surface area (Å²) in [7, 11) is -3.81. The molecule has 1 unspecified atom stereocenters. The summed E-state index contributed by atoms with van der Waals surface area (Å²) in [6.07, 6.45) is 6.91. The fourth-order valence-electron chi connectivity index (χ4n) is 4.81. The average molecular weight is 492 g/mol. The van der Waals surface area contributed by atoms with Crippen LogP contribution in [0.15, 0.2) is 78.0 Å².